The van der Waals surface area contributed by atoms with Crippen molar-refractivity contribution >= 4 is 64.4 Å². The van der Waals surface area contributed by atoms with Crippen molar-refractivity contribution < 1.29 is 29.0 Å². The van der Waals surface area contributed by atoms with Gasteiger partial charge in [0.25, 0.3) is 17.7 Å². The number of nitrogens with zero attached hydrogens (tertiary/aromatic N) is 1. The number of hydrogen-bond donors (Lipinski definition) is 3. The van der Waals surface area contributed by atoms with Crippen molar-refractivity contribution in [2.24, 2.45) is 0 Å². The van der Waals surface area contributed by atoms with Gasteiger partial charge in [-0.1, -0.05) is 41.4 Å². The number of para-hydroxylation sites is 1. The molecule has 188 valence electrons. The summed E-state index contributed by atoms with van der Waals surface area (Å²) in [7, 11) is 0. The van der Waals surface area contributed by atoms with Crippen LogP contribution in [0.3, 0.4) is 0 Å². The van der Waals surface area contributed by atoms with Crippen molar-refractivity contribution in [1.29, 1.82) is 0 Å². The van der Waals surface area contributed by atoms with Gasteiger partial charge in [-0.15, -0.1) is 0 Å². The van der Waals surface area contributed by atoms with Gasteiger partial charge in [0.15, 0.2) is 12.4 Å². The summed E-state index contributed by atoms with van der Waals surface area (Å²) in [6.07, 6.45) is 1.23. The van der Waals surface area contributed by atoms with Crippen LogP contribution in [0.25, 0.3) is 6.08 Å². The molecular weight excluding hydrogens is 521 g/mol. The minimum absolute atomic E-state index is 0.0400. The van der Waals surface area contributed by atoms with E-state index in [0.29, 0.717) is 5.69 Å². The summed E-state index contributed by atoms with van der Waals surface area (Å²) in [6, 6.07) is 14.4. The number of barbiturate groups is 1. The number of urea groups is 1. The lowest BCUT2D eigenvalue weighted by molar-refractivity contribution is -0.122. The molecule has 1 saturated heterocycles. The third-order valence-corrected chi connectivity index (χ3v) is 5.87. The van der Waals surface area contributed by atoms with Crippen LogP contribution >= 0.6 is 23.2 Å². The molecule has 3 aromatic carbocycles. The molecule has 0 radical (unpaired) electrons. The molecule has 9 nitrogen and oxygen atoms in total. The number of rotatable bonds is 6. The van der Waals surface area contributed by atoms with E-state index in [9.17, 15) is 24.3 Å². The molecule has 0 spiro atoms. The maximum Gasteiger partial charge on any atom is 0.335 e. The minimum Gasteiger partial charge on any atom is -0.508 e. The maximum atomic E-state index is 13.0. The average Bonchev–Trinajstić information content (AvgIpc) is 2.84. The maximum absolute atomic E-state index is 13.0. The lowest BCUT2D eigenvalue weighted by atomic mass is 10.1. The molecule has 3 N–H and O–H groups in total. The Morgan fingerprint density at radius 2 is 1.70 bits per heavy atom. The van der Waals surface area contributed by atoms with E-state index in [1.807, 2.05) is 19.1 Å². The summed E-state index contributed by atoms with van der Waals surface area (Å²) in [5, 5.41) is 14.4. The molecule has 0 aliphatic carbocycles. The number of benzene rings is 3. The Bertz CT molecular complexity index is 1430. The third kappa shape index (κ3) is 5.74. The van der Waals surface area contributed by atoms with Crippen LogP contribution in [-0.2, 0) is 14.4 Å². The number of carbonyl (C=O) groups is 4. The Morgan fingerprint density at radius 1 is 1.05 bits per heavy atom. The van der Waals surface area contributed by atoms with Crippen molar-refractivity contribution in [1.82, 2.24) is 5.32 Å². The van der Waals surface area contributed by atoms with Crippen LogP contribution < -0.4 is 20.3 Å². The zero-order valence-corrected chi connectivity index (χ0v) is 20.8. The minimum atomic E-state index is -0.929. The van der Waals surface area contributed by atoms with E-state index in [1.165, 1.54) is 42.5 Å². The average molecular weight is 540 g/mol. The SMILES string of the molecule is Cc1ccccc1NC(=O)COc1c(Cl)cc(/C=C2/C(=O)NC(=O)N(c3ccc(O)cc3)C2=O)cc1Cl. The number of anilines is 2. The zero-order chi connectivity index (χ0) is 26.7. The van der Waals surface area contributed by atoms with Crippen LogP contribution in [0.5, 0.6) is 11.5 Å². The van der Waals surface area contributed by atoms with Crippen LogP contribution in [0.4, 0.5) is 16.2 Å². The summed E-state index contributed by atoms with van der Waals surface area (Å²) in [6.45, 7) is 1.49. The fourth-order valence-electron chi connectivity index (χ4n) is 3.50. The van der Waals surface area contributed by atoms with Crippen molar-refractivity contribution in [2.75, 3.05) is 16.8 Å². The molecule has 4 rings (SSSR count). The predicted octanol–water partition coefficient (Wildman–Crippen LogP) is 4.69. The van der Waals surface area contributed by atoms with Crippen LogP contribution in [0.1, 0.15) is 11.1 Å². The molecule has 0 aromatic heterocycles. The first-order chi connectivity index (χ1) is 17.6. The highest BCUT2D eigenvalue weighted by atomic mass is 35.5. The molecule has 0 unspecified atom stereocenters. The topological polar surface area (TPSA) is 125 Å². The number of imide groups is 2. The summed E-state index contributed by atoms with van der Waals surface area (Å²) in [5.41, 5.74) is 1.63. The van der Waals surface area contributed by atoms with Crippen LogP contribution in [0.15, 0.2) is 66.2 Å². The lowest BCUT2D eigenvalue weighted by Crippen LogP contribution is -2.54. The Hall–Kier alpha value is -4.34. The van der Waals surface area contributed by atoms with Gasteiger partial charge in [-0.2, -0.15) is 0 Å². The zero-order valence-electron chi connectivity index (χ0n) is 19.2. The summed E-state index contributed by atoms with van der Waals surface area (Å²) in [5.74, 6) is -2.20. The van der Waals surface area contributed by atoms with Gasteiger partial charge in [-0.25, -0.2) is 9.69 Å². The Morgan fingerprint density at radius 3 is 2.35 bits per heavy atom. The highest BCUT2D eigenvalue weighted by Crippen LogP contribution is 2.35. The van der Waals surface area contributed by atoms with Crippen LogP contribution in [0.2, 0.25) is 10.0 Å². The molecule has 1 fully saturated rings. The van der Waals surface area contributed by atoms with Gasteiger partial charge in [-0.3, -0.25) is 19.7 Å². The first-order valence-corrected chi connectivity index (χ1v) is 11.6. The molecule has 37 heavy (non-hydrogen) atoms. The molecule has 0 atom stereocenters. The molecule has 1 aliphatic rings. The molecule has 3 aromatic rings. The summed E-state index contributed by atoms with van der Waals surface area (Å²) in [4.78, 5) is 50.8. The van der Waals surface area contributed by atoms with Gasteiger partial charge >= 0.3 is 6.03 Å². The number of phenolic OH excluding ortho intramolecular Hbond substituents is 1. The van der Waals surface area contributed by atoms with Gasteiger partial charge < -0.3 is 15.2 Å². The number of halogens is 2. The first-order valence-electron chi connectivity index (χ1n) is 10.8. The number of carbonyl (C=O) groups excluding carboxylic acids is 4. The Kier molecular flexibility index (Phi) is 7.47. The monoisotopic (exact) mass is 539 g/mol. The van der Waals surface area contributed by atoms with E-state index < -0.39 is 23.8 Å². The summed E-state index contributed by atoms with van der Waals surface area (Å²) < 4.78 is 5.51. The number of aryl methyl sites for hydroxylation is 1. The largest absolute Gasteiger partial charge is 0.508 e. The van der Waals surface area contributed by atoms with Crippen molar-refractivity contribution in [3.8, 4) is 11.5 Å². The Labute approximate surface area is 221 Å². The highest BCUT2D eigenvalue weighted by molar-refractivity contribution is 6.40. The normalized spacial score (nSPS) is 14.5. The van der Waals surface area contributed by atoms with Crippen LogP contribution in [-0.4, -0.2) is 35.5 Å². The third-order valence-electron chi connectivity index (χ3n) is 5.31. The predicted molar refractivity (Wildman–Crippen MR) is 139 cm³/mol. The fraction of sp³-hybridized carbons (Fsp3) is 0.0769. The Balaban J connectivity index is 1.53. The van der Waals surface area contributed by atoms with Crippen molar-refractivity contribution in [3.05, 3.63) is 87.4 Å². The number of aromatic hydroxyl groups is 1. The quantitative estimate of drug-likeness (QED) is 0.308. The second-order valence-electron chi connectivity index (χ2n) is 7.94. The van der Waals surface area contributed by atoms with E-state index in [-0.39, 0.29) is 45.0 Å². The number of ether oxygens (including phenoxy) is 1. The van der Waals surface area contributed by atoms with Gasteiger partial charge in [0.1, 0.15) is 11.3 Å². The molecule has 1 aliphatic heterocycles. The number of nitrogens with one attached hydrogen (secondary N) is 2. The van der Waals surface area contributed by atoms with E-state index in [0.717, 1.165) is 10.5 Å². The molecule has 11 heteroatoms. The van der Waals surface area contributed by atoms with E-state index in [2.05, 4.69) is 10.6 Å². The molecule has 1 heterocycles. The van der Waals surface area contributed by atoms with Gasteiger partial charge in [0, 0.05) is 5.69 Å². The van der Waals surface area contributed by atoms with Crippen molar-refractivity contribution in [3.63, 3.8) is 0 Å². The highest BCUT2D eigenvalue weighted by Gasteiger charge is 2.36. The molecular formula is C26H19Cl2N3O6. The van der Waals surface area contributed by atoms with E-state index in [4.69, 9.17) is 27.9 Å². The van der Waals surface area contributed by atoms with E-state index >= 15 is 0 Å². The molecule has 0 saturated carbocycles. The first kappa shape index (κ1) is 25.7. The molecule has 0 bridgehead atoms. The smallest absolute Gasteiger partial charge is 0.335 e. The fourth-order valence-corrected chi connectivity index (χ4v) is 4.11. The molecule has 5 amide bonds. The standard InChI is InChI=1S/C26H19Cl2N3O6/c1-14-4-2-3-5-21(14)29-22(33)13-37-23-19(27)11-15(12-20(23)28)10-18-24(34)30-26(36)31(25(18)35)16-6-8-17(32)9-7-16/h2-12,32H,13H2,1H3,(H,29,33)(H,30,34,36)/b18-10-. The summed E-state index contributed by atoms with van der Waals surface area (Å²) >= 11 is 12.6. The van der Waals surface area contributed by atoms with E-state index in [1.54, 1.807) is 12.1 Å². The number of phenols is 1. The number of amides is 5. The van der Waals surface area contributed by atoms with Gasteiger partial charge in [0.05, 0.1) is 15.7 Å². The lowest BCUT2D eigenvalue weighted by Gasteiger charge is -2.26. The van der Waals surface area contributed by atoms with Crippen LogP contribution in [0, 0.1) is 6.92 Å². The van der Waals surface area contributed by atoms with Gasteiger partial charge in [0.2, 0.25) is 0 Å². The second-order valence-corrected chi connectivity index (χ2v) is 8.75. The van der Waals surface area contributed by atoms with Crippen molar-refractivity contribution in [2.45, 2.75) is 6.92 Å². The second kappa shape index (κ2) is 10.7. The number of hydrogen-bond acceptors (Lipinski definition) is 6. The van der Waals surface area contributed by atoms with Gasteiger partial charge in [-0.05, 0) is 66.6 Å².